The maximum Gasteiger partial charge on any atom is 0.249 e. The van der Waals surface area contributed by atoms with Crippen LogP contribution < -0.4 is 5.32 Å². The molecule has 1 aliphatic rings. The first-order valence-corrected chi connectivity index (χ1v) is 7.41. The number of aryl methyl sites for hydroxylation is 1. The lowest BCUT2D eigenvalue weighted by Gasteiger charge is -2.28. The molecule has 1 atom stereocenters. The van der Waals surface area contributed by atoms with E-state index in [4.69, 9.17) is 13.7 Å². The fourth-order valence-electron chi connectivity index (χ4n) is 2.67. The molecule has 0 spiro atoms. The second kappa shape index (κ2) is 6.74. The summed E-state index contributed by atoms with van der Waals surface area (Å²) in [5.74, 6) is 1.18. The van der Waals surface area contributed by atoms with Gasteiger partial charge in [0.25, 0.3) is 0 Å². The number of amides is 1. The Morgan fingerprint density at radius 3 is 2.91 bits per heavy atom. The Bertz CT molecular complexity index is 602. The number of ether oxygens (including phenoxy) is 1. The van der Waals surface area contributed by atoms with Crippen LogP contribution >= 0.6 is 0 Å². The third-order valence-electron chi connectivity index (χ3n) is 3.81. The van der Waals surface area contributed by atoms with Crippen molar-refractivity contribution in [3.05, 3.63) is 35.9 Å². The highest BCUT2D eigenvalue weighted by Crippen LogP contribution is 2.29. The molecule has 0 radical (unpaired) electrons. The number of hydrogen-bond donors (Lipinski definition) is 1. The highest BCUT2D eigenvalue weighted by Gasteiger charge is 2.31. The molecule has 2 aromatic heterocycles. The van der Waals surface area contributed by atoms with Crippen LogP contribution in [0.3, 0.4) is 0 Å². The van der Waals surface area contributed by atoms with Crippen LogP contribution in [0.15, 0.2) is 27.5 Å². The monoisotopic (exact) mass is 305 g/mol. The number of nitrogens with zero attached hydrogens (tertiary/aromatic N) is 2. The molecule has 0 aromatic carbocycles. The van der Waals surface area contributed by atoms with Crippen molar-refractivity contribution >= 4 is 5.91 Å². The number of carbonyl (C=O) groups is 1. The molecule has 1 amide bonds. The van der Waals surface area contributed by atoms with E-state index in [2.05, 4.69) is 15.5 Å². The number of aromatic nitrogens is 2. The number of carbonyl (C=O) groups excluding carboxylic acids is 1. The van der Waals surface area contributed by atoms with Gasteiger partial charge in [-0.15, -0.1) is 0 Å². The van der Waals surface area contributed by atoms with Crippen molar-refractivity contribution in [2.24, 2.45) is 5.92 Å². The van der Waals surface area contributed by atoms with Gasteiger partial charge in [-0.05, 0) is 37.3 Å². The maximum absolute atomic E-state index is 12.3. The highest BCUT2D eigenvalue weighted by molar-refractivity contribution is 5.78. The zero-order chi connectivity index (χ0) is 15.4. The lowest BCUT2D eigenvalue weighted by atomic mass is 9.91. The van der Waals surface area contributed by atoms with Crippen molar-refractivity contribution in [3.8, 4) is 0 Å². The van der Waals surface area contributed by atoms with Crippen molar-refractivity contribution in [1.29, 1.82) is 0 Å². The molecule has 7 nitrogen and oxygen atoms in total. The minimum absolute atomic E-state index is 0.0891. The zero-order valence-corrected chi connectivity index (χ0v) is 12.4. The van der Waals surface area contributed by atoms with E-state index in [1.54, 1.807) is 25.5 Å². The first kappa shape index (κ1) is 14.8. The Kier molecular flexibility index (Phi) is 4.53. The van der Waals surface area contributed by atoms with Crippen molar-refractivity contribution in [3.63, 3.8) is 0 Å². The molecule has 0 saturated carbocycles. The lowest BCUT2D eigenvalue weighted by molar-refractivity contribution is -0.122. The van der Waals surface area contributed by atoms with Crippen LogP contribution in [0.2, 0.25) is 0 Å². The summed E-state index contributed by atoms with van der Waals surface area (Å²) in [6.07, 6.45) is 5.11. The topological polar surface area (TPSA) is 90.4 Å². The summed E-state index contributed by atoms with van der Waals surface area (Å²) < 4.78 is 15.7. The number of nitrogens with one attached hydrogen (secondary N) is 1. The average molecular weight is 305 g/mol. The molecule has 1 unspecified atom stereocenters. The molecule has 1 saturated heterocycles. The van der Waals surface area contributed by atoms with E-state index in [9.17, 15) is 4.79 Å². The molecule has 2 aromatic rings. The minimum atomic E-state index is -0.274. The Morgan fingerprint density at radius 1 is 1.45 bits per heavy atom. The summed E-state index contributed by atoms with van der Waals surface area (Å²) in [6, 6.07) is 1.50. The summed E-state index contributed by atoms with van der Waals surface area (Å²) in [6.45, 7) is 3.14. The number of hydrogen-bond acceptors (Lipinski definition) is 6. The molecule has 22 heavy (non-hydrogen) atoms. The average Bonchev–Trinajstić information content (AvgIpc) is 3.17. The maximum atomic E-state index is 12.3. The third kappa shape index (κ3) is 3.54. The molecule has 0 aliphatic carbocycles. The molecule has 118 valence electrons. The van der Waals surface area contributed by atoms with Gasteiger partial charge in [0.05, 0.1) is 18.9 Å². The second-order valence-corrected chi connectivity index (χ2v) is 5.48. The SMILES string of the molecule is Cc1noc(C(NC(=O)Cc2ccoc2)C2CCOCC2)n1. The summed E-state index contributed by atoms with van der Waals surface area (Å²) in [7, 11) is 0. The first-order chi connectivity index (χ1) is 10.7. The summed E-state index contributed by atoms with van der Waals surface area (Å²) >= 11 is 0. The molecule has 3 heterocycles. The van der Waals surface area contributed by atoms with E-state index in [1.807, 2.05) is 0 Å². The van der Waals surface area contributed by atoms with Crippen LogP contribution in [0, 0.1) is 12.8 Å². The van der Waals surface area contributed by atoms with Gasteiger partial charge in [0.15, 0.2) is 5.82 Å². The Balaban J connectivity index is 1.71. The van der Waals surface area contributed by atoms with Crippen molar-refractivity contribution < 1.29 is 18.5 Å². The summed E-state index contributed by atoms with van der Waals surface area (Å²) in [5.41, 5.74) is 0.838. The van der Waals surface area contributed by atoms with Crippen molar-refractivity contribution in [2.45, 2.75) is 32.2 Å². The summed E-state index contributed by atoms with van der Waals surface area (Å²) in [5, 5.41) is 6.85. The molecular weight excluding hydrogens is 286 g/mol. The van der Waals surface area contributed by atoms with Crippen molar-refractivity contribution in [2.75, 3.05) is 13.2 Å². The van der Waals surface area contributed by atoms with Crippen LogP contribution in [0.1, 0.15) is 36.2 Å². The van der Waals surface area contributed by atoms with E-state index >= 15 is 0 Å². The number of rotatable bonds is 5. The molecule has 1 aliphatic heterocycles. The van der Waals surface area contributed by atoms with Gasteiger partial charge in [-0.3, -0.25) is 4.79 Å². The van der Waals surface area contributed by atoms with E-state index in [0.29, 0.717) is 24.9 Å². The van der Waals surface area contributed by atoms with Crippen LogP contribution in [-0.2, 0) is 16.0 Å². The highest BCUT2D eigenvalue weighted by atomic mass is 16.5. The van der Waals surface area contributed by atoms with Gasteiger partial charge in [-0.2, -0.15) is 4.98 Å². The van der Waals surface area contributed by atoms with Gasteiger partial charge >= 0.3 is 0 Å². The van der Waals surface area contributed by atoms with Crippen LogP contribution in [0.5, 0.6) is 0 Å². The normalized spacial score (nSPS) is 17.3. The molecule has 1 fully saturated rings. The van der Waals surface area contributed by atoms with E-state index in [-0.39, 0.29) is 24.3 Å². The standard InChI is InChI=1S/C15H19N3O4/c1-10-16-15(22-18-10)14(12-3-6-20-7-4-12)17-13(19)8-11-2-5-21-9-11/h2,5,9,12,14H,3-4,6-8H2,1H3,(H,17,19). The van der Waals surface area contributed by atoms with Gasteiger partial charge in [0.1, 0.15) is 6.04 Å². The molecular formula is C15H19N3O4. The smallest absolute Gasteiger partial charge is 0.249 e. The quantitative estimate of drug-likeness (QED) is 0.905. The molecule has 3 rings (SSSR count). The summed E-state index contributed by atoms with van der Waals surface area (Å²) in [4.78, 5) is 16.6. The van der Waals surface area contributed by atoms with Gasteiger partial charge in [-0.1, -0.05) is 5.16 Å². The molecule has 1 N–H and O–H groups in total. The number of furan rings is 1. The van der Waals surface area contributed by atoms with Crippen LogP contribution in [0.4, 0.5) is 0 Å². The van der Waals surface area contributed by atoms with Crippen molar-refractivity contribution in [1.82, 2.24) is 15.5 Å². The largest absolute Gasteiger partial charge is 0.472 e. The Morgan fingerprint density at radius 2 is 2.27 bits per heavy atom. The van der Waals surface area contributed by atoms with Gasteiger partial charge in [-0.25, -0.2) is 0 Å². The predicted molar refractivity (Wildman–Crippen MR) is 75.9 cm³/mol. The van der Waals surface area contributed by atoms with E-state index in [1.165, 1.54) is 0 Å². The zero-order valence-electron chi connectivity index (χ0n) is 12.4. The molecule has 0 bridgehead atoms. The fourth-order valence-corrected chi connectivity index (χ4v) is 2.67. The lowest BCUT2D eigenvalue weighted by Crippen LogP contribution is -2.37. The fraction of sp³-hybridized carbons (Fsp3) is 0.533. The first-order valence-electron chi connectivity index (χ1n) is 7.41. The van der Waals surface area contributed by atoms with Crippen LogP contribution in [-0.4, -0.2) is 29.3 Å². The van der Waals surface area contributed by atoms with Crippen LogP contribution in [0.25, 0.3) is 0 Å². The van der Waals surface area contributed by atoms with Gasteiger partial charge < -0.3 is 19.0 Å². The Hall–Kier alpha value is -2.15. The van der Waals surface area contributed by atoms with Gasteiger partial charge in [0, 0.05) is 13.2 Å². The molecule has 7 heteroatoms. The van der Waals surface area contributed by atoms with Gasteiger partial charge in [0.2, 0.25) is 11.8 Å². The predicted octanol–water partition coefficient (Wildman–Crippen LogP) is 1.80. The second-order valence-electron chi connectivity index (χ2n) is 5.48. The van der Waals surface area contributed by atoms with E-state index in [0.717, 1.165) is 18.4 Å². The van der Waals surface area contributed by atoms with E-state index < -0.39 is 0 Å². The Labute approximate surface area is 128 Å². The third-order valence-corrected chi connectivity index (χ3v) is 3.81. The minimum Gasteiger partial charge on any atom is -0.472 e.